The number of imidazole rings is 1. The minimum atomic E-state index is -3.22. The molecule has 0 fully saturated rings. The number of aromatic amines is 2. The Morgan fingerprint density at radius 3 is 2.56 bits per heavy atom. The van der Waals surface area contributed by atoms with E-state index in [1.807, 2.05) is 25.1 Å². The van der Waals surface area contributed by atoms with E-state index in [-0.39, 0.29) is 40.3 Å². The molecule has 6 rings (SSSR count). The quantitative estimate of drug-likeness (QED) is 0.284. The van der Waals surface area contributed by atoms with Gasteiger partial charge in [0.15, 0.2) is 17.1 Å². The van der Waals surface area contributed by atoms with Crippen molar-refractivity contribution < 1.29 is 17.2 Å². The molecule has 0 amide bonds. The van der Waals surface area contributed by atoms with Gasteiger partial charge in [-0.1, -0.05) is 6.07 Å². The van der Waals surface area contributed by atoms with Crippen molar-refractivity contribution in [2.45, 2.75) is 6.42 Å². The smallest absolute Gasteiger partial charge is 0.184 e. The minimum absolute atomic E-state index is 0.0974. The lowest BCUT2D eigenvalue weighted by Crippen LogP contribution is -2.08. The van der Waals surface area contributed by atoms with Gasteiger partial charge in [-0.2, -0.15) is 5.10 Å². The summed E-state index contributed by atoms with van der Waals surface area (Å²) < 4.78 is 53.9. The fourth-order valence-electron chi connectivity index (χ4n) is 4.67. The van der Waals surface area contributed by atoms with Crippen molar-refractivity contribution in [3.63, 3.8) is 0 Å². The molecule has 0 unspecified atom stereocenters. The number of nitrogens with one attached hydrogen (secondary N) is 2. The summed E-state index contributed by atoms with van der Waals surface area (Å²) in [5, 5.41) is 7.15. The second-order valence-corrected chi connectivity index (χ2v) is 12.2. The van der Waals surface area contributed by atoms with E-state index < -0.39 is 21.5 Å². The van der Waals surface area contributed by atoms with Crippen LogP contribution in [0.25, 0.3) is 56.0 Å². The van der Waals surface area contributed by atoms with Gasteiger partial charge in [0, 0.05) is 55.6 Å². The summed E-state index contributed by atoms with van der Waals surface area (Å²) in [6.07, 6.45) is 7.53. The number of aromatic nitrogens is 7. The van der Waals surface area contributed by atoms with Crippen molar-refractivity contribution in [2.24, 2.45) is 0 Å². The molecule has 208 valence electrons. The number of H-pyrrole nitrogens is 2. The molecule has 0 aliphatic heterocycles. The maximum Gasteiger partial charge on any atom is 0.184 e. The molecular weight excluding hydrogens is 550 g/mol. The highest BCUT2D eigenvalue weighted by Gasteiger charge is 2.22. The van der Waals surface area contributed by atoms with Crippen molar-refractivity contribution in [3.05, 3.63) is 72.3 Å². The molecule has 1 aromatic carbocycles. The van der Waals surface area contributed by atoms with Crippen molar-refractivity contribution >= 4 is 37.7 Å². The predicted octanol–water partition coefficient (Wildman–Crippen LogP) is 4.56. The third-order valence-electron chi connectivity index (χ3n) is 6.73. The highest BCUT2D eigenvalue weighted by Crippen LogP contribution is 2.35. The van der Waals surface area contributed by atoms with E-state index in [0.29, 0.717) is 33.4 Å². The lowest BCUT2D eigenvalue weighted by atomic mass is 10.0. The first kappa shape index (κ1) is 26.4. The highest BCUT2D eigenvalue weighted by molar-refractivity contribution is 7.90. The van der Waals surface area contributed by atoms with E-state index in [1.165, 1.54) is 18.3 Å². The van der Waals surface area contributed by atoms with Crippen molar-refractivity contribution in [3.8, 4) is 33.8 Å². The Labute approximate surface area is 233 Å². The standard InChI is InChI=1S/C28H24F2N8O2S/c1-38(2)19-11-17(12-31-13-19)21-14-33-26-22(23(21)30)25(36-37-26)28-34-24-20(4-6-32-27(24)35-28)16-8-15(9-18(29)10-16)5-7-41(3,39)40/h4,6,8-14H,5,7H2,1-3H3,(H,32,34,35)(H,33,36,37). The lowest BCUT2D eigenvalue weighted by molar-refractivity contribution is 0.600. The maximum atomic E-state index is 16.0. The second-order valence-electron chi connectivity index (χ2n) is 9.98. The largest absolute Gasteiger partial charge is 0.376 e. The summed E-state index contributed by atoms with van der Waals surface area (Å²) in [6, 6.07) is 7.94. The molecular formula is C28H24F2N8O2S. The number of benzene rings is 1. The topological polar surface area (TPSA) is 133 Å². The molecule has 6 aromatic rings. The average molecular weight is 575 g/mol. The first-order valence-electron chi connectivity index (χ1n) is 12.6. The number of halogens is 2. The van der Waals surface area contributed by atoms with E-state index in [9.17, 15) is 12.8 Å². The molecule has 0 bridgehead atoms. The monoisotopic (exact) mass is 574 g/mol. The fourth-order valence-corrected chi connectivity index (χ4v) is 5.27. The number of hydrogen-bond donors (Lipinski definition) is 2. The maximum absolute atomic E-state index is 16.0. The molecule has 0 saturated carbocycles. The van der Waals surface area contributed by atoms with Gasteiger partial charge in [-0.05, 0) is 41.8 Å². The van der Waals surface area contributed by atoms with Crippen LogP contribution in [0.15, 0.2) is 55.1 Å². The van der Waals surface area contributed by atoms with Gasteiger partial charge in [0.2, 0.25) is 0 Å². The normalized spacial score (nSPS) is 11.9. The molecule has 0 atom stereocenters. The van der Waals surface area contributed by atoms with Crippen LogP contribution in [-0.4, -0.2) is 69.6 Å². The van der Waals surface area contributed by atoms with Crippen molar-refractivity contribution in [2.75, 3.05) is 31.0 Å². The van der Waals surface area contributed by atoms with Gasteiger partial charge in [0.05, 0.1) is 28.5 Å². The van der Waals surface area contributed by atoms with Crippen molar-refractivity contribution in [1.82, 2.24) is 35.1 Å². The molecule has 5 aromatic heterocycles. The van der Waals surface area contributed by atoms with Gasteiger partial charge in [-0.3, -0.25) is 10.1 Å². The van der Waals surface area contributed by atoms with Gasteiger partial charge in [-0.25, -0.2) is 32.2 Å². The summed E-state index contributed by atoms with van der Waals surface area (Å²) in [7, 11) is 0.527. The Morgan fingerprint density at radius 1 is 0.951 bits per heavy atom. The Morgan fingerprint density at radius 2 is 1.78 bits per heavy atom. The Hall–Kier alpha value is -4.78. The van der Waals surface area contributed by atoms with Gasteiger partial charge >= 0.3 is 0 Å². The number of hydrogen-bond acceptors (Lipinski definition) is 8. The molecule has 41 heavy (non-hydrogen) atoms. The highest BCUT2D eigenvalue weighted by atomic mass is 32.2. The number of aryl methyl sites for hydroxylation is 1. The average Bonchev–Trinajstić information content (AvgIpc) is 3.56. The van der Waals surface area contributed by atoms with Gasteiger partial charge in [-0.15, -0.1) is 0 Å². The number of sulfone groups is 1. The van der Waals surface area contributed by atoms with Crippen LogP contribution >= 0.6 is 0 Å². The number of fused-ring (bicyclic) bond motifs is 2. The SMILES string of the molecule is CN(C)c1cncc(-c2cnc3n[nH]c(-c4nc5nccc(-c6cc(F)cc(CCS(C)(=O)=O)c6)c5[nH]4)c3c2F)c1. The van der Waals surface area contributed by atoms with E-state index >= 15 is 4.39 Å². The van der Waals surface area contributed by atoms with Crippen LogP contribution in [0.2, 0.25) is 0 Å². The molecule has 13 heteroatoms. The third kappa shape index (κ3) is 5.11. The molecule has 2 N–H and O–H groups in total. The molecule has 0 aliphatic rings. The number of anilines is 1. The van der Waals surface area contributed by atoms with E-state index in [4.69, 9.17) is 0 Å². The zero-order valence-electron chi connectivity index (χ0n) is 22.3. The summed E-state index contributed by atoms with van der Waals surface area (Å²) in [5.41, 5.74) is 4.57. The van der Waals surface area contributed by atoms with Crippen LogP contribution < -0.4 is 4.90 Å². The van der Waals surface area contributed by atoms with Crippen LogP contribution in [0.1, 0.15) is 5.56 Å². The van der Waals surface area contributed by atoms with Crippen LogP contribution in [0.3, 0.4) is 0 Å². The van der Waals surface area contributed by atoms with Crippen LogP contribution in [-0.2, 0) is 16.3 Å². The predicted molar refractivity (Wildman–Crippen MR) is 153 cm³/mol. The fraction of sp³-hybridized carbons (Fsp3) is 0.179. The van der Waals surface area contributed by atoms with E-state index in [1.54, 1.807) is 30.7 Å². The Bertz CT molecular complexity index is 2050. The number of pyridine rings is 3. The molecule has 5 heterocycles. The van der Waals surface area contributed by atoms with Gasteiger partial charge in [0.1, 0.15) is 27.2 Å². The second kappa shape index (κ2) is 10.0. The molecule has 0 aliphatic carbocycles. The summed E-state index contributed by atoms with van der Waals surface area (Å²) in [5.74, 6) is -0.858. The molecule has 0 spiro atoms. The zero-order valence-corrected chi connectivity index (χ0v) is 23.1. The Balaban J connectivity index is 1.45. The Kier molecular flexibility index (Phi) is 6.45. The summed E-state index contributed by atoms with van der Waals surface area (Å²) in [4.78, 5) is 22.5. The first-order chi connectivity index (χ1) is 19.6. The third-order valence-corrected chi connectivity index (χ3v) is 7.68. The zero-order chi connectivity index (χ0) is 28.9. The van der Waals surface area contributed by atoms with Gasteiger partial charge in [0.25, 0.3) is 0 Å². The molecule has 0 saturated heterocycles. The number of nitrogens with zero attached hydrogens (tertiary/aromatic N) is 6. The van der Waals surface area contributed by atoms with Crippen LogP contribution in [0.4, 0.5) is 14.5 Å². The van der Waals surface area contributed by atoms with Gasteiger partial charge < -0.3 is 9.88 Å². The first-order valence-corrected chi connectivity index (χ1v) is 14.6. The molecule has 10 nitrogen and oxygen atoms in total. The number of rotatable bonds is 7. The van der Waals surface area contributed by atoms with E-state index in [2.05, 4.69) is 35.1 Å². The summed E-state index contributed by atoms with van der Waals surface area (Å²) in [6.45, 7) is 0. The lowest BCUT2D eigenvalue weighted by Gasteiger charge is -2.13. The van der Waals surface area contributed by atoms with E-state index in [0.717, 1.165) is 11.9 Å². The minimum Gasteiger partial charge on any atom is -0.376 e. The van der Waals surface area contributed by atoms with Crippen molar-refractivity contribution in [1.29, 1.82) is 0 Å². The van der Waals surface area contributed by atoms with Crippen LogP contribution in [0.5, 0.6) is 0 Å². The van der Waals surface area contributed by atoms with Crippen LogP contribution in [0, 0.1) is 11.6 Å². The molecule has 0 radical (unpaired) electrons. The summed E-state index contributed by atoms with van der Waals surface area (Å²) >= 11 is 0.